The van der Waals surface area contributed by atoms with Gasteiger partial charge < -0.3 is 14.8 Å². The standard InChI is InChI=1S/C20H16Cl2F3N3O3/c21-15-5-6-18(17(22)7-15)31-10-13-1-3-14(4-2-13)19(29)27-16-8-26-28(9-16)12-30-11-20(23,24)25/h1-9H,10-12H2,(H,27,29). The number of halogens is 5. The van der Waals surface area contributed by atoms with Crippen LogP contribution >= 0.6 is 23.2 Å². The molecule has 0 unspecified atom stereocenters. The van der Waals surface area contributed by atoms with Gasteiger partial charge in [0.05, 0.1) is 23.1 Å². The van der Waals surface area contributed by atoms with Crippen LogP contribution in [0.2, 0.25) is 10.0 Å². The lowest BCUT2D eigenvalue weighted by molar-refractivity contribution is -0.182. The Morgan fingerprint density at radius 1 is 1.13 bits per heavy atom. The molecular formula is C20H16Cl2F3N3O3. The summed E-state index contributed by atoms with van der Waals surface area (Å²) < 4.78 is 47.6. The van der Waals surface area contributed by atoms with Gasteiger partial charge in [-0.2, -0.15) is 18.3 Å². The fourth-order valence-electron chi connectivity index (χ4n) is 2.46. The molecule has 1 N–H and O–H groups in total. The first-order chi connectivity index (χ1) is 14.7. The highest BCUT2D eigenvalue weighted by Crippen LogP contribution is 2.28. The molecule has 3 aromatic rings. The van der Waals surface area contributed by atoms with E-state index in [1.807, 2.05) is 0 Å². The first kappa shape index (κ1) is 22.9. The zero-order chi connectivity index (χ0) is 22.4. The molecule has 3 rings (SSSR count). The second-order valence-electron chi connectivity index (χ2n) is 6.38. The first-order valence-electron chi connectivity index (χ1n) is 8.85. The van der Waals surface area contributed by atoms with Crippen molar-refractivity contribution >= 4 is 34.8 Å². The predicted molar refractivity (Wildman–Crippen MR) is 109 cm³/mol. The Hall–Kier alpha value is -2.75. The van der Waals surface area contributed by atoms with Crippen molar-refractivity contribution in [3.05, 3.63) is 76.0 Å². The Bertz CT molecular complexity index is 1040. The second-order valence-corrected chi connectivity index (χ2v) is 7.22. The number of amides is 1. The van der Waals surface area contributed by atoms with Crippen molar-refractivity contribution < 1.29 is 27.4 Å². The molecule has 0 aliphatic heterocycles. The summed E-state index contributed by atoms with van der Waals surface area (Å²) in [7, 11) is 0. The summed E-state index contributed by atoms with van der Waals surface area (Å²) in [5.41, 5.74) is 1.52. The summed E-state index contributed by atoms with van der Waals surface area (Å²) in [6, 6.07) is 11.6. The molecule has 1 aromatic heterocycles. The molecule has 0 saturated carbocycles. The van der Waals surface area contributed by atoms with Crippen LogP contribution in [0.4, 0.5) is 18.9 Å². The number of nitrogens with zero attached hydrogens (tertiary/aromatic N) is 2. The van der Waals surface area contributed by atoms with Crippen LogP contribution < -0.4 is 10.1 Å². The molecule has 0 spiro atoms. The topological polar surface area (TPSA) is 65.4 Å². The number of aromatic nitrogens is 2. The number of hydrogen-bond acceptors (Lipinski definition) is 4. The van der Waals surface area contributed by atoms with Gasteiger partial charge in [-0.25, -0.2) is 4.68 Å². The van der Waals surface area contributed by atoms with Gasteiger partial charge in [0, 0.05) is 10.6 Å². The van der Waals surface area contributed by atoms with E-state index in [1.165, 1.54) is 12.4 Å². The van der Waals surface area contributed by atoms with Crippen molar-refractivity contribution in [2.75, 3.05) is 11.9 Å². The number of nitrogens with one attached hydrogen (secondary N) is 1. The molecule has 0 radical (unpaired) electrons. The van der Waals surface area contributed by atoms with Crippen molar-refractivity contribution in [2.24, 2.45) is 0 Å². The Morgan fingerprint density at radius 2 is 1.87 bits per heavy atom. The van der Waals surface area contributed by atoms with Crippen LogP contribution in [0, 0.1) is 0 Å². The second kappa shape index (κ2) is 10.0. The van der Waals surface area contributed by atoms with Gasteiger partial charge in [0.15, 0.2) is 0 Å². The van der Waals surface area contributed by atoms with E-state index in [2.05, 4.69) is 15.2 Å². The van der Waals surface area contributed by atoms with Gasteiger partial charge in [0.2, 0.25) is 0 Å². The third kappa shape index (κ3) is 7.16. The molecule has 6 nitrogen and oxygen atoms in total. The Morgan fingerprint density at radius 3 is 2.55 bits per heavy atom. The van der Waals surface area contributed by atoms with E-state index in [1.54, 1.807) is 42.5 Å². The van der Waals surface area contributed by atoms with Crippen molar-refractivity contribution in [3.63, 3.8) is 0 Å². The van der Waals surface area contributed by atoms with Crippen LogP contribution in [0.15, 0.2) is 54.9 Å². The number of carbonyl (C=O) groups excluding carboxylic acids is 1. The zero-order valence-electron chi connectivity index (χ0n) is 15.8. The predicted octanol–water partition coefficient (Wildman–Crippen LogP) is 5.56. The normalized spacial score (nSPS) is 11.4. The zero-order valence-corrected chi connectivity index (χ0v) is 17.3. The average Bonchev–Trinajstić information content (AvgIpc) is 3.14. The highest BCUT2D eigenvalue weighted by atomic mass is 35.5. The van der Waals surface area contributed by atoms with E-state index in [0.29, 0.717) is 27.0 Å². The number of rotatable bonds is 8. The summed E-state index contributed by atoms with van der Waals surface area (Å²) in [5, 5.41) is 7.35. The molecule has 0 saturated heterocycles. The quantitative estimate of drug-likeness (QED) is 0.465. The lowest BCUT2D eigenvalue weighted by atomic mass is 10.1. The number of ether oxygens (including phenoxy) is 2. The van der Waals surface area contributed by atoms with Gasteiger partial charge in [-0.3, -0.25) is 4.79 Å². The molecule has 1 heterocycles. The monoisotopic (exact) mass is 473 g/mol. The molecule has 0 aliphatic carbocycles. The van der Waals surface area contributed by atoms with E-state index < -0.39 is 18.7 Å². The largest absolute Gasteiger partial charge is 0.487 e. The fraction of sp³-hybridized carbons (Fsp3) is 0.200. The lowest BCUT2D eigenvalue weighted by Gasteiger charge is -2.09. The Kier molecular flexibility index (Phi) is 7.42. The van der Waals surface area contributed by atoms with Crippen molar-refractivity contribution in [1.82, 2.24) is 9.78 Å². The average molecular weight is 474 g/mol. The first-order valence-corrected chi connectivity index (χ1v) is 9.60. The number of carbonyl (C=O) groups is 1. The molecule has 31 heavy (non-hydrogen) atoms. The van der Waals surface area contributed by atoms with E-state index in [-0.39, 0.29) is 13.3 Å². The number of alkyl halides is 3. The van der Waals surface area contributed by atoms with Crippen molar-refractivity contribution in [1.29, 1.82) is 0 Å². The summed E-state index contributed by atoms with van der Waals surface area (Å²) in [5.74, 6) is 0.0908. The van der Waals surface area contributed by atoms with E-state index >= 15 is 0 Å². The van der Waals surface area contributed by atoms with Crippen LogP contribution in [0.25, 0.3) is 0 Å². The van der Waals surface area contributed by atoms with Crippen LogP contribution in [0.5, 0.6) is 5.75 Å². The molecule has 2 aromatic carbocycles. The SMILES string of the molecule is O=C(Nc1cnn(COCC(F)(F)F)c1)c1ccc(COc2ccc(Cl)cc2Cl)cc1. The van der Waals surface area contributed by atoms with E-state index in [4.69, 9.17) is 27.9 Å². The molecule has 0 aliphatic rings. The van der Waals surface area contributed by atoms with Crippen LogP contribution in [0.3, 0.4) is 0 Å². The molecule has 164 valence electrons. The third-order valence-electron chi connectivity index (χ3n) is 3.88. The summed E-state index contributed by atoms with van der Waals surface area (Å²) in [4.78, 5) is 12.3. The fourth-order valence-corrected chi connectivity index (χ4v) is 2.93. The maximum atomic E-state index is 12.3. The molecule has 0 bridgehead atoms. The van der Waals surface area contributed by atoms with Crippen LogP contribution in [-0.4, -0.2) is 28.5 Å². The third-order valence-corrected chi connectivity index (χ3v) is 4.42. The van der Waals surface area contributed by atoms with E-state index in [0.717, 1.165) is 10.2 Å². The van der Waals surface area contributed by atoms with Crippen molar-refractivity contribution in [3.8, 4) is 5.75 Å². The van der Waals surface area contributed by atoms with Crippen LogP contribution in [0.1, 0.15) is 15.9 Å². The molecule has 0 fully saturated rings. The van der Waals surface area contributed by atoms with Crippen molar-refractivity contribution in [2.45, 2.75) is 19.5 Å². The minimum Gasteiger partial charge on any atom is -0.487 e. The van der Waals surface area contributed by atoms with Gasteiger partial charge in [0.25, 0.3) is 5.91 Å². The minimum absolute atomic E-state index is 0.244. The number of anilines is 1. The maximum Gasteiger partial charge on any atom is 0.411 e. The van der Waals surface area contributed by atoms with Gasteiger partial charge in [-0.15, -0.1) is 0 Å². The van der Waals surface area contributed by atoms with Gasteiger partial charge in [-0.1, -0.05) is 35.3 Å². The molecule has 0 atom stereocenters. The molecule has 11 heteroatoms. The summed E-state index contributed by atoms with van der Waals surface area (Å²) >= 11 is 11.9. The van der Waals surface area contributed by atoms with Gasteiger partial charge >= 0.3 is 6.18 Å². The summed E-state index contributed by atoms with van der Waals surface area (Å²) in [6.07, 6.45) is -1.73. The molecular weight excluding hydrogens is 458 g/mol. The smallest absolute Gasteiger partial charge is 0.411 e. The van der Waals surface area contributed by atoms with Gasteiger partial charge in [0.1, 0.15) is 25.7 Å². The molecule has 1 amide bonds. The Labute approximate surface area is 185 Å². The lowest BCUT2D eigenvalue weighted by Crippen LogP contribution is -2.18. The summed E-state index contributed by atoms with van der Waals surface area (Å²) in [6.45, 7) is -1.52. The Balaban J connectivity index is 1.51. The van der Waals surface area contributed by atoms with Gasteiger partial charge in [-0.05, 0) is 35.9 Å². The van der Waals surface area contributed by atoms with E-state index in [9.17, 15) is 18.0 Å². The number of benzene rings is 2. The maximum absolute atomic E-state index is 12.3. The number of hydrogen-bond donors (Lipinski definition) is 1. The highest BCUT2D eigenvalue weighted by molar-refractivity contribution is 6.35. The van der Waals surface area contributed by atoms with Crippen LogP contribution in [-0.2, 0) is 18.1 Å². The minimum atomic E-state index is -4.41. The highest BCUT2D eigenvalue weighted by Gasteiger charge is 2.27.